The van der Waals surface area contributed by atoms with Gasteiger partial charge in [-0.3, -0.25) is 14.5 Å². The van der Waals surface area contributed by atoms with E-state index >= 15 is 0 Å². The number of aliphatic carboxylic acids is 1. The fourth-order valence-corrected chi connectivity index (χ4v) is 4.07. The zero-order valence-electron chi connectivity index (χ0n) is 14.2. The van der Waals surface area contributed by atoms with Crippen LogP contribution in [0.3, 0.4) is 0 Å². The second kappa shape index (κ2) is 6.43. The molecule has 0 radical (unpaired) electrons. The Morgan fingerprint density at radius 2 is 1.92 bits per heavy atom. The van der Waals surface area contributed by atoms with Crippen molar-refractivity contribution in [2.45, 2.75) is 31.3 Å². The van der Waals surface area contributed by atoms with Gasteiger partial charge in [0.2, 0.25) is 5.91 Å². The van der Waals surface area contributed by atoms with Crippen LogP contribution in [0.15, 0.2) is 24.3 Å². The molecule has 130 valence electrons. The number of benzene rings is 1. The second-order valence-corrected chi connectivity index (χ2v) is 6.78. The van der Waals surface area contributed by atoms with Crippen molar-refractivity contribution in [2.24, 2.45) is 5.92 Å². The van der Waals surface area contributed by atoms with Crippen molar-refractivity contribution in [3.05, 3.63) is 29.8 Å². The molecule has 2 aliphatic rings. The maximum absolute atomic E-state index is 12.0. The molecule has 0 bridgehead atoms. The van der Waals surface area contributed by atoms with Gasteiger partial charge < -0.3 is 14.7 Å². The van der Waals surface area contributed by atoms with Crippen LogP contribution in [-0.4, -0.2) is 59.6 Å². The molecule has 2 heterocycles. The Hall–Kier alpha value is -2.08. The molecule has 0 saturated carbocycles. The minimum Gasteiger partial charge on any atom is -0.497 e. The van der Waals surface area contributed by atoms with Crippen LogP contribution in [0.25, 0.3) is 0 Å². The number of hydrogen-bond acceptors (Lipinski definition) is 4. The first kappa shape index (κ1) is 16.8. The molecule has 1 aromatic carbocycles. The molecule has 2 saturated heterocycles. The van der Waals surface area contributed by atoms with Gasteiger partial charge in [0, 0.05) is 33.1 Å². The summed E-state index contributed by atoms with van der Waals surface area (Å²) < 4.78 is 5.17. The number of carboxylic acid groups (broad SMARTS) is 1. The summed E-state index contributed by atoms with van der Waals surface area (Å²) in [6, 6.07) is 8.00. The molecule has 1 N–H and O–H groups in total. The predicted octanol–water partition coefficient (Wildman–Crippen LogP) is 1.59. The first-order chi connectivity index (χ1) is 11.5. The number of methoxy groups -OCH3 is 1. The minimum atomic E-state index is -0.851. The molecular weight excluding hydrogens is 308 g/mol. The fraction of sp³-hybridized carbons (Fsp3) is 0.556. The molecule has 6 heteroatoms. The van der Waals surface area contributed by atoms with Crippen LogP contribution < -0.4 is 4.74 Å². The lowest BCUT2D eigenvalue weighted by Crippen LogP contribution is -2.55. The van der Waals surface area contributed by atoms with Crippen LogP contribution in [-0.2, 0) is 16.1 Å². The highest BCUT2D eigenvalue weighted by molar-refractivity contribution is 5.88. The number of amides is 1. The number of ether oxygens (including phenoxy) is 1. The first-order valence-corrected chi connectivity index (χ1v) is 8.31. The zero-order chi connectivity index (χ0) is 17.3. The second-order valence-electron chi connectivity index (χ2n) is 6.78. The molecule has 3 rings (SSSR count). The van der Waals surface area contributed by atoms with Crippen molar-refractivity contribution in [3.8, 4) is 5.75 Å². The molecule has 24 heavy (non-hydrogen) atoms. The molecule has 2 aliphatic heterocycles. The summed E-state index contributed by atoms with van der Waals surface area (Å²) in [4.78, 5) is 27.6. The average molecular weight is 332 g/mol. The molecule has 0 aliphatic carbocycles. The summed E-state index contributed by atoms with van der Waals surface area (Å²) >= 11 is 0. The Balaban J connectivity index is 1.66. The molecule has 6 nitrogen and oxygen atoms in total. The van der Waals surface area contributed by atoms with Crippen molar-refractivity contribution >= 4 is 11.9 Å². The molecule has 1 atom stereocenters. The van der Waals surface area contributed by atoms with E-state index in [1.54, 1.807) is 19.1 Å². The van der Waals surface area contributed by atoms with E-state index in [9.17, 15) is 14.7 Å². The van der Waals surface area contributed by atoms with Gasteiger partial charge in [-0.2, -0.15) is 0 Å². The van der Waals surface area contributed by atoms with Gasteiger partial charge in [-0.05, 0) is 30.5 Å². The Labute approximate surface area is 142 Å². The number of carbonyl (C=O) groups is 2. The van der Waals surface area contributed by atoms with E-state index in [1.165, 1.54) is 5.56 Å². The lowest BCUT2D eigenvalue weighted by Gasteiger charge is -2.45. The van der Waals surface area contributed by atoms with E-state index in [4.69, 9.17) is 4.74 Å². The van der Waals surface area contributed by atoms with E-state index in [0.717, 1.165) is 25.4 Å². The number of likely N-dealkylation sites (tertiary alicyclic amines) is 2. The van der Waals surface area contributed by atoms with Gasteiger partial charge in [0.15, 0.2) is 0 Å². The SMILES string of the molecule is COc1ccc(CN2CCC3(CC2)C(C(=O)O)CC(=O)N3C)cc1. The number of nitrogens with zero attached hydrogens (tertiary/aromatic N) is 2. The highest BCUT2D eigenvalue weighted by Crippen LogP contribution is 2.43. The van der Waals surface area contributed by atoms with Crippen LogP contribution in [0.2, 0.25) is 0 Å². The number of hydrogen-bond donors (Lipinski definition) is 1. The number of carbonyl (C=O) groups excluding carboxylic acids is 1. The monoisotopic (exact) mass is 332 g/mol. The standard InChI is InChI=1S/C18H24N2O4/c1-19-16(21)11-15(17(22)23)18(19)7-9-20(10-8-18)12-13-3-5-14(24-2)6-4-13/h3-6,15H,7-12H2,1-2H3,(H,22,23). The Kier molecular flexibility index (Phi) is 4.49. The highest BCUT2D eigenvalue weighted by Gasteiger charge is 2.55. The van der Waals surface area contributed by atoms with Gasteiger partial charge in [0.25, 0.3) is 0 Å². The maximum atomic E-state index is 12.0. The lowest BCUT2D eigenvalue weighted by atomic mass is 9.77. The zero-order valence-corrected chi connectivity index (χ0v) is 14.2. The molecule has 2 fully saturated rings. The third-order valence-electron chi connectivity index (χ3n) is 5.65. The number of carboxylic acids is 1. The van der Waals surface area contributed by atoms with Gasteiger partial charge in [-0.15, -0.1) is 0 Å². The third kappa shape index (κ3) is 2.86. The van der Waals surface area contributed by atoms with Gasteiger partial charge >= 0.3 is 5.97 Å². The van der Waals surface area contributed by atoms with Crippen molar-refractivity contribution in [2.75, 3.05) is 27.2 Å². The highest BCUT2D eigenvalue weighted by atomic mass is 16.5. The Bertz CT molecular complexity index is 620. The molecule has 0 aromatic heterocycles. The van der Waals surface area contributed by atoms with Crippen molar-refractivity contribution in [1.29, 1.82) is 0 Å². The van der Waals surface area contributed by atoms with Crippen LogP contribution in [0.5, 0.6) is 5.75 Å². The molecule has 1 aromatic rings. The van der Waals surface area contributed by atoms with Gasteiger partial charge in [-0.1, -0.05) is 12.1 Å². The van der Waals surface area contributed by atoms with E-state index in [2.05, 4.69) is 17.0 Å². The summed E-state index contributed by atoms with van der Waals surface area (Å²) in [5, 5.41) is 9.51. The van der Waals surface area contributed by atoms with Crippen LogP contribution >= 0.6 is 0 Å². The van der Waals surface area contributed by atoms with Crippen molar-refractivity contribution < 1.29 is 19.4 Å². The smallest absolute Gasteiger partial charge is 0.309 e. The third-order valence-corrected chi connectivity index (χ3v) is 5.65. The minimum absolute atomic E-state index is 0.0500. The van der Waals surface area contributed by atoms with Crippen molar-refractivity contribution in [3.63, 3.8) is 0 Å². The normalized spacial score (nSPS) is 23.7. The summed E-state index contributed by atoms with van der Waals surface area (Å²) in [6.45, 7) is 2.43. The van der Waals surface area contributed by atoms with E-state index in [0.29, 0.717) is 12.8 Å². The largest absolute Gasteiger partial charge is 0.497 e. The average Bonchev–Trinajstić information content (AvgIpc) is 2.83. The fourth-order valence-electron chi connectivity index (χ4n) is 4.07. The summed E-state index contributed by atoms with van der Waals surface area (Å²) in [7, 11) is 3.40. The number of piperidine rings is 1. The summed E-state index contributed by atoms with van der Waals surface area (Å²) in [5.74, 6) is -0.646. The van der Waals surface area contributed by atoms with Gasteiger partial charge in [0.05, 0.1) is 18.6 Å². The van der Waals surface area contributed by atoms with Crippen molar-refractivity contribution in [1.82, 2.24) is 9.80 Å². The van der Waals surface area contributed by atoms with Crippen LogP contribution in [0, 0.1) is 5.92 Å². The quantitative estimate of drug-likeness (QED) is 0.907. The van der Waals surface area contributed by atoms with Crippen LogP contribution in [0.1, 0.15) is 24.8 Å². The van der Waals surface area contributed by atoms with Gasteiger partial charge in [0.1, 0.15) is 5.75 Å². The Morgan fingerprint density at radius 3 is 2.46 bits per heavy atom. The molecular formula is C18H24N2O4. The number of rotatable bonds is 4. The molecule has 1 unspecified atom stereocenters. The van der Waals surface area contributed by atoms with E-state index in [1.807, 2.05) is 12.1 Å². The first-order valence-electron chi connectivity index (χ1n) is 8.31. The van der Waals surface area contributed by atoms with E-state index in [-0.39, 0.29) is 12.3 Å². The summed E-state index contributed by atoms with van der Waals surface area (Å²) in [6.07, 6.45) is 1.55. The topological polar surface area (TPSA) is 70.1 Å². The Morgan fingerprint density at radius 1 is 1.29 bits per heavy atom. The molecule has 1 amide bonds. The van der Waals surface area contributed by atoms with Gasteiger partial charge in [-0.25, -0.2) is 0 Å². The lowest BCUT2D eigenvalue weighted by molar-refractivity contribution is -0.146. The summed E-state index contributed by atoms with van der Waals surface area (Å²) in [5.41, 5.74) is 0.691. The molecule has 1 spiro atoms. The maximum Gasteiger partial charge on any atom is 0.309 e. The van der Waals surface area contributed by atoms with E-state index < -0.39 is 17.4 Å². The predicted molar refractivity (Wildman–Crippen MR) is 88.7 cm³/mol. The van der Waals surface area contributed by atoms with Crippen LogP contribution in [0.4, 0.5) is 0 Å².